The van der Waals surface area contributed by atoms with Crippen LogP contribution in [-0.2, 0) is 9.53 Å². The van der Waals surface area contributed by atoms with Crippen molar-refractivity contribution in [2.45, 2.75) is 18.9 Å². The quantitative estimate of drug-likeness (QED) is 0.320. The van der Waals surface area contributed by atoms with Crippen molar-refractivity contribution in [3.8, 4) is 5.75 Å². The van der Waals surface area contributed by atoms with Crippen molar-refractivity contribution < 1.29 is 23.0 Å². The molecule has 4 aromatic rings. The molecule has 0 radical (unpaired) electrons. The fourth-order valence-corrected chi connectivity index (χ4v) is 5.30. The van der Waals surface area contributed by atoms with Crippen LogP contribution in [0.2, 0.25) is 0 Å². The van der Waals surface area contributed by atoms with Gasteiger partial charge < -0.3 is 24.7 Å². The number of piperidine rings is 1. The molecule has 2 N–H and O–H groups in total. The Morgan fingerprint density at radius 1 is 1.05 bits per heavy atom. The minimum absolute atomic E-state index is 0.0477. The van der Waals surface area contributed by atoms with Crippen LogP contribution in [0.4, 0.5) is 14.5 Å². The summed E-state index contributed by atoms with van der Waals surface area (Å²) in [4.78, 5) is 23.6. The van der Waals surface area contributed by atoms with E-state index in [1.807, 2.05) is 36.4 Å². The predicted molar refractivity (Wildman–Crippen MR) is 145 cm³/mol. The first-order valence-corrected chi connectivity index (χ1v) is 13.0. The number of nitrogens with one attached hydrogen (secondary N) is 2. The number of fused-ring (bicyclic) bond motifs is 2. The number of carbonyl (C=O) groups excluding carboxylic acids is 1. The molecule has 1 fully saturated rings. The van der Waals surface area contributed by atoms with E-state index in [9.17, 15) is 13.6 Å². The first kappa shape index (κ1) is 25.2. The molecule has 0 spiro atoms. The molecule has 2 aliphatic heterocycles. The molecule has 2 aliphatic rings. The van der Waals surface area contributed by atoms with Gasteiger partial charge in [0.15, 0.2) is 0 Å². The Kier molecular flexibility index (Phi) is 6.85. The number of halogens is 2. The molecule has 3 aromatic carbocycles. The summed E-state index contributed by atoms with van der Waals surface area (Å²) in [6.45, 7) is 3.45. The SMILES string of the molecule is COCCN1CCC(Oc2ccc3c(c2)C(=C(c2cc(F)cc(F)c2)c2nc4ccccc4[nH]2)C(=O)N3)CC1. The Labute approximate surface area is 224 Å². The minimum atomic E-state index is -0.744. The third kappa shape index (κ3) is 5.15. The molecule has 1 saturated heterocycles. The summed E-state index contributed by atoms with van der Waals surface area (Å²) in [6.07, 6.45) is 1.81. The summed E-state index contributed by atoms with van der Waals surface area (Å²) in [6, 6.07) is 16.1. The second-order valence-corrected chi connectivity index (χ2v) is 9.82. The Hall–Kier alpha value is -4.08. The van der Waals surface area contributed by atoms with Gasteiger partial charge in [0.2, 0.25) is 0 Å². The summed E-state index contributed by atoms with van der Waals surface area (Å²) in [5.74, 6) is -0.895. The molecule has 9 heteroatoms. The van der Waals surface area contributed by atoms with Crippen molar-refractivity contribution in [2.75, 3.05) is 38.7 Å². The first-order chi connectivity index (χ1) is 19.0. The number of methoxy groups -OCH3 is 1. The van der Waals surface area contributed by atoms with Crippen molar-refractivity contribution in [2.24, 2.45) is 0 Å². The molecule has 0 unspecified atom stereocenters. The second kappa shape index (κ2) is 10.6. The largest absolute Gasteiger partial charge is 0.490 e. The number of hydrogen-bond donors (Lipinski definition) is 2. The zero-order valence-corrected chi connectivity index (χ0v) is 21.5. The Morgan fingerprint density at radius 2 is 1.82 bits per heavy atom. The number of aromatic amines is 1. The van der Waals surface area contributed by atoms with Gasteiger partial charge in [0.1, 0.15) is 29.3 Å². The molecule has 1 amide bonds. The van der Waals surface area contributed by atoms with Crippen molar-refractivity contribution in [3.63, 3.8) is 0 Å². The lowest BCUT2D eigenvalue weighted by Crippen LogP contribution is -2.39. The number of H-pyrrole nitrogens is 1. The van der Waals surface area contributed by atoms with Gasteiger partial charge in [-0.1, -0.05) is 12.1 Å². The van der Waals surface area contributed by atoms with Gasteiger partial charge in [-0.3, -0.25) is 4.79 Å². The van der Waals surface area contributed by atoms with E-state index in [1.54, 1.807) is 13.2 Å². The lowest BCUT2D eigenvalue weighted by Gasteiger charge is -2.32. The van der Waals surface area contributed by atoms with Gasteiger partial charge in [-0.25, -0.2) is 13.8 Å². The number of amides is 1. The van der Waals surface area contributed by atoms with Gasteiger partial charge >= 0.3 is 0 Å². The van der Waals surface area contributed by atoms with Crippen LogP contribution < -0.4 is 10.1 Å². The van der Waals surface area contributed by atoms with Crippen molar-refractivity contribution in [1.29, 1.82) is 0 Å². The van der Waals surface area contributed by atoms with Gasteiger partial charge in [0, 0.05) is 49.6 Å². The molecular weight excluding hydrogens is 502 g/mol. The van der Waals surface area contributed by atoms with Crippen molar-refractivity contribution in [1.82, 2.24) is 14.9 Å². The number of imidazole rings is 1. The van der Waals surface area contributed by atoms with Crippen LogP contribution in [0.15, 0.2) is 60.7 Å². The number of rotatable bonds is 7. The lowest BCUT2D eigenvalue weighted by atomic mass is 9.94. The third-order valence-electron chi connectivity index (χ3n) is 7.21. The van der Waals surface area contributed by atoms with Crippen LogP contribution in [0, 0.1) is 11.6 Å². The summed E-state index contributed by atoms with van der Waals surface area (Å²) in [5.41, 5.74) is 3.40. The molecule has 7 nitrogen and oxygen atoms in total. The molecule has 3 heterocycles. The topological polar surface area (TPSA) is 79.5 Å². The molecule has 0 atom stereocenters. The average molecular weight is 531 g/mol. The van der Waals surface area contributed by atoms with Gasteiger partial charge in [0.05, 0.1) is 23.2 Å². The number of para-hydroxylation sites is 2. The molecule has 0 saturated carbocycles. The van der Waals surface area contributed by atoms with Gasteiger partial charge in [0.25, 0.3) is 5.91 Å². The molecular formula is C30H28F2N4O3. The smallest absolute Gasteiger partial charge is 0.257 e. The average Bonchev–Trinajstić information content (AvgIpc) is 3.49. The number of anilines is 1. The summed E-state index contributed by atoms with van der Waals surface area (Å²) in [7, 11) is 1.70. The zero-order valence-electron chi connectivity index (χ0n) is 21.5. The minimum Gasteiger partial charge on any atom is -0.490 e. The van der Waals surface area contributed by atoms with Crippen LogP contribution >= 0.6 is 0 Å². The fraction of sp³-hybridized carbons (Fsp3) is 0.267. The van der Waals surface area contributed by atoms with Crippen LogP contribution in [0.5, 0.6) is 5.75 Å². The van der Waals surface area contributed by atoms with E-state index in [2.05, 4.69) is 20.2 Å². The van der Waals surface area contributed by atoms with E-state index < -0.39 is 11.6 Å². The number of ether oxygens (including phenoxy) is 2. The summed E-state index contributed by atoms with van der Waals surface area (Å²) < 4.78 is 40.3. The highest BCUT2D eigenvalue weighted by atomic mass is 19.1. The number of benzene rings is 3. The number of likely N-dealkylation sites (tertiary alicyclic amines) is 1. The molecule has 39 heavy (non-hydrogen) atoms. The Morgan fingerprint density at radius 3 is 2.56 bits per heavy atom. The molecule has 6 rings (SSSR count). The van der Waals surface area contributed by atoms with E-state index in [0.29, 0.717) is 40.5 Å². The second-order valence-electron chi connectivity index (χ2n) is 9.82. The number of aromatic nitrogens is 2. The maximum absolute atomic E-state index is 14.4. The highest BCUT2D eigenvalue weighted by Crippen LogP contribution is 2.41. The third-order valence-corrected chi connectivity index (χ3v) is 7.21. The lowest BCUT2D eigenvalue weighted by molar-refractivity contribution is -0.110. The Bertz CT molecular complexity index is 1520. The van der Waals surface area contributed by atoms with Crippen molar-refractivity contribution in [3.05, 3.63) is 89.2 Å². The summed E-state index contributed by atoms with van der Waals surface area (Å²) >= 11 is 0. The van der Waals surface area contributed by atoms with Crippen LogP contribution in [0.1, 0.15) is 29.8 Å². The van der Waals surface area contributed by atoms with Crippen LogP contribution in [-0.4, -0.2) is 60.2 Å². The molecule has 0 aliphatic carbocycles. The van der Waals surface area contributed by atoms with Gasteiger partial charge in [-0.2, -0.15) is 0 Å². The highest BCUT2D eigenvalue weighted by Gasteiger charge is 2.31. The standard InChI is InChI=1S/C30H28F2N4O3/c1-38-13-12-36-10-8-21(9-11-36)39-22-6-7-24-23(17-22)28(30(37)35-24)27(18-14-19(31)16-20(32)15-18)29-33-25-4-2-3-5-26(25)34-29/h2-7,14-17,21H,8-13H2,1H3,(H,33,34)(H,35,37). The monoisotopic (exact) mass is 530 g/mol. The summed E-state index contributed by atoms with van der Waals surface area (Å²) in [5, 5.41) is 2.89. The fourth-order valence-electron chi connectivity index (χ4n) is 5.30. The van der Waals surface area contributed by atoms with Crippen LogP contribution in [0.3, 0.4) is 0 Å². The van der Waals surface area contributed by atoms with E-state index in [-0.39, 0.29) is 23.1 Å². The maximum atomic E-state index is 14.4. The molecule has 200 valence electrons. The Balaban J connectivity index is 1.40. The van der Waals surface area contributed by atoms with E-state index in [4.69, 9.17) is 9.47 Å². The van der Waals surface area contributed by atoms with Gasteiger partial charge in [-0.15, -0.1) is 0 Å². The first-order valence-electron chi connectivity index (χ1n) is 13.0. The van der Waals surface area contributed by atoms with Crippen molar-refractivity contribution >= 4 is 33.8 Å². The maximum Gasteiger partial charge on any atom is 0.257 e. The van der Waals surface area contributed by atoms with E-state index in [0.717, 1.165) is 44.1 Å². The molecule has 1 aromatic heterocycles. The van der Waals surface area contributed by atoms with Gasteiger partial charge in [-0.05, 0) is 60.9 Å². The van der Waals surface area contributed by atoms with E-state index >= 15 is 0 Å². The predicted octanol–water partition coefficient (Wildman–Crippen LogP) is 5.24. The number of nitrogens with zero attached hydrogens (tertiary/aromatic N) is 2. The molecule has 0 bridgehead atoms. The van der Waals surface area contributed by atoms with Crippen LogP contribution in [0.25, 0.3) is 22.2 Å². The van der Waals surface area contributed by atoms with E-state index in [1.165, 1.54) is 12.1 Å². The normalized spacial score (nSPS) is 17.4. The zero-order chi connectivity index (χ0) is 26.9. The number of carbonyl (C=O) groups is 1. The number of hydrogen-bond acceptors (Lipinski definition) is 5. The highest BCUT2D eigenvalue weighted by molar-refractivity contribution is 6.38.